The summed E-state index contributed by atoms with van der Waals surface area (Å²) in [6.07, 6.45) is -0.250. The predicted molar refractivity (Wildman–Crippen MR) is 125 cm³/mol. The fourth-order valence-corrected chi connectivity index (χ4v) is 4.42. The molecule has 2 N–H and O–H groups in total. The van der Waals surface area contributed by atoms with Gasteiger partial charge in [-0.05, 0) is 31.4 Å². The van der Waals surface area contributed by atoms with E-state index in [1.54, 1.807) is 30.3 Å². The molecule has 0 unspecified atom stereocenters. The largest absolute Gasteiger partial charge is 0.469 e. The minimum atomic E-state index is -1.03. The summed E-state index contributed by atoms with van der Waals surface area (Å²) in [4.78, 5) is 64.4. The van der Waals surface area contributed by atoms with Gasteiger partial charge in [-0.2, -0.15) is 0 Å². The Bertz CT molecular complexity index is 968. The van der Waals surface area contributed by atoms with Crippen LogP contribution in [0.25, 0.3) is 0 Å². The van der Waals surface area contributed by atoms with Crippen LogP contribution in [0.5, 0.6) is 0 Å². The Labute approximate surface area is 209 Å². The van der Waals surface area contributed by atoms with Crippen molar-refractivity contribution in [2.24, 2.45) is 0 Å². The van der Waals surface area contributed by atoms with Crippen molar-refractivity contribution < 1.29 is 38.2 Å². The lowest BCUT2D eigenvalue weighted by Gasteiger charge is -2.43. The van der Waals surface area contributed by atoms with Crippen LogP contribution in [-0.4, -0.2) is 91.9 Å². The highest BCUT2D eigenvalue weighted by Crippen LogP contribution is 2.25. The number of ether oxygens (including phenoxy) is 3. The molecule has 0 bridgehead atoms. The molecule has 0 saturated carbocycles. The van der Waals surface area contributed by atoms with Crippen molar-refractivity contribution in [3.05, 3.63) is 35.9 Å². The summed E-state index contributed by atoms with van der Waals surface area (Å²) in [6.45, 7) is 0.276. The van der Waals surface area contributed by atoms with Crippen molar-refractivity contribution in [3.8, 4) is 0 Å². The molecule has 2 heterocycles. The summed E-state index contributed by atoms with van der Waals surface area (Å²) in [6, 6.07) is 5.50. The van der Waals surface area contributed by atoms with E-state index in [2.05, 4.69) is 10.6 Å². The molecule has 2 aliphatic rings. The molecule has 12 nitrogen and oxygen atoms in total. The molecule has 0 aromatic heterocycles. The van der Waals surface area contributed by atoms with E-state index in [1.165, 1.54) is 26.3 Å². The minimum absolute atomic E-state index is 0.0384. The zero-order valence-corrected chi connectivity index (χ0v) is 20.6. The number of nitrogens with one attached hydrogen (secondary N) is 2. The third-order valence-corrected chi connectivity index (χ3v) is 6.24. The zero-order valence-electron chi connectivity index (χ0n) is 20.6. The second-order valence-corrected chi connectivity index (χ2v) is 8.52. The van der Waals surface area contributed by atoms with Gasteiger partial charge in [0.25, 0.3) is 11.8 Å². The van der Waals surface area contributed by atoms with Crippen LogP contribution in [0.3, 0.4) is 0 Å². The molecule has 1 aromatic rings. The maximum Gasteiger partial charge on any atom is 0.307 e. The van der Waals surface area contributed by atoms with Crippen molar-refractivity contribution in [3.63, 3.8) is 0 Å². The Hall–Kier alpha value is -3.51. The number of nitrogens with zero attached hydrogens (tertiary/aromatic N) is 2. The van der Waals surface area contributed by atoms with E-state index in [0.29, 0.717) is 12.0 Å². The molecule has 4 amide bonds. The van der Waals surface area contributed by atoms with Gasteiger partial charge in [-0.3, -0.25) is 29.0 Å². The summed E-state index contributed by atoms with van der Waals surface area (Å²) < 4.78 is 15.2. The molecule has 2 saturated heterocycles. The number of fused-ring (bicyclic) bond motifs is 1. The second kappa shape index (κ2) is 12.5. The Morgan fingerprint density at radius 1 is 1.06 bits per heavy atom. The number of methoxy groups -OCH3 is 3. The monoisotopic (exact) mass is 504 g/mol. The van der Waals surface area contributed by atoms with E-state index < -0.39 is 48.1 Å². The lowest BCUT2D eigenvalue weighted by molar-refractivity contribution is -0.177. The van der Waals surface area contributed by atoms with Crippen LogP contribution in [-0.2, 0) is 33.4 Å². The maximum absolute atomic E-state index is 13.6. The molecule has 2 aliphatic heterocycles. The molecular formula is C24H32N4O8. The molecule has 0 aliphatic carbocycles. The number of esters is 1. The molecule has 12 heteroatoms. The van der Waals surface area contributed by atoms with E-state index in [4.69, 9.17) is 14.2 Å². The first-order valence-corrected chi connectivity index (χ1v) is 11.7. The Morgan fingerprint density at radius 2 is 1.75 bits per heavy atom. The molecule has 196 valence electrons. The number of rotatable bonds is 9. The number of hydrazine groups is 1. The first-order chi connectivity index (χ1) is 17.3. The highest BCUT2D eigenvalue weighted by Gasteiger charge is 2.45. The molecule has 0 spiro atoms. The number of carbonyl (C=O) groups excluding carboxylic acids is 5. The number of carbonyl (C=O) groups is 5. The van der Waals surface area contributed by atoms with E-state index in [-0.39, 0.29) is 38.1 Å². The SMILES string of the molecule is COC(=O)C[C@H](NC(=O)[C@@H]1CCCN2C(=O)CC[C@H](NC(=O)c3ccccc3)C(=O)N12)C(OC)OC. The summed E-state index contributed by atoms with van der Waals surface area (Å²) in [5, 5.41) is 7.85. The Balaban J connectivity index is 1.82. The molecule has 2 fully saturated rings. The van der Waals surface area contributed by atoms with Gasteiger partial charge in [0.15, 0.2) is 6.29 Å². The fraction of sp³-hybridized carbons (Fsp3) is 0.542. The highest BCUT2D eigenvalue weighted by molar-refractivity contribution is 5.99. The van der Waals surface area contributed by atoms with Gasteiger partial charge in [-0.15, -0.1) is 0 Å². The lowest BCUT2D eigenvalue weighted by Crippen LogP contribution is -2.64. The second-order valence-electron chi connectivity index (χ2n) is 8.52. The van der Waals surface area contributed by atoms with Crippen molar-refractivity contribution in [1.82, 2.24) is 20.7 Å². The smallest absolute Gasteiger partial charge is 0.307 e. The minimum Gasteiger partial charge on any atom is -0.469 e. The predicted octanol–water partition coefficient (Wildman–Crippen LogP) is -0.0198. The topological polar surface area (TPSA) is 144 Å². The van der Waals surface area contributed by atoms with E-state index in [0.717, 1.165) is 5.01 Å². The van der Waals surface area contributed by atoms with Crippen molar-refractivity contribution in [2.75, 3.05) is 27.9 Å². The van der Waals surface area contributed by atoms with Crippen LogP contribution in [0.15, 0.2) is 30.3 Å². The van der Waals surface area contributed by atoms with Gasteiger partial charge in [0.05, 0.1) is 19.6 Å². The fourth-order valence-electron chi connectivity index (χ4n) is 4.42. The van der Waals surface area contributed by atoms with E-state index in [1.807, 2.05) is 0 Å². The van der Waals surface area contributed by atoms with Gasteiger partial charge >= 0.3 is 5.97 Å². The van der Waals surface area contributed by atoms with Gasteiger partial charge in [0, 0.05) is 32.7 Å². The Kier molecular flexibility index (Phi) is 9.37. The third kappa shape index (κ3) is 6.18. The molecule has 3 rings (SSSR count). The quantitative estimate of drug-likeness (QED) is 0.353. The summed E-state index contributed by atoms with van der Waals surface area (Å²) in [7, 11) is 3.95. The highest BCUT2D eigenvalue weighted by atomic mass is 16.7. The number of hydrogen-bond acceptors (Lipinski definition) is 8. The van der Waals surface area contributed by atoms with Gasteiger partial charge in [0.2, 0.25) is 11.8 Å². The maximum atomic E-state index is 13.6. The van der Waals surface area contributed by atoms with Crippen LogP contribution in [0, 0.1) is 0 Å². The number of amides is 4. The average molecular weight is 505 g/mol. The van der Waals surface area contributed by atoms with Gasteiger partial charge in [-0.1, -0.05) is 18.2 Å². The standard InChI is InChI=1S/C24H32N4O8/c1-34-20(30)14-17(24(35-2)36-3)26-22(32)18-10-7-13-27-19(29)12-11-16(23(33)28(18)27)25-21(31)15-8-5-4-6-9-15/h4-6,8-9,16-18,24H,7,10-14H2,1-3H3,(H,25,31)(H,26,32)/t16-,17-,18-/m0/s1. The van der Waals surface area contributed by atoms with Gasteiger partial charge in [-0.25, -0.2) is 5.01 Å². The van der Waals surface area contributed by atoms with E-state index >= 15 is 0 Å². The van der Waals surface area contributed by atoms with Crippen molar-refractivity contribution >= 4 is 29.6 Å². The van der Waals surface area contributed by atoms with Crippen LogP contribution < -0.4 is 10.6 Å². The van der Waals surface area contributed by atoms with Crippen LogP contribution in [0.1, 0.15) is 42.5 Å². The zero-order chi connectivity index (χ0) is 26.2. The van der Waals surface area contributed by atoms with Crippen LogP contribution in [0.4, 0.5) is 0 Å². The summed E-state index contributed by atoms with van der Waals surface area (Å²) in [5.41, 5.74) is 0.376. The normalized spacial score (nSPS) is 20.9. The van der Waals surface area contributed by atoms with Gasteiger partial charge in [0.1, 0.15) is 12.1 Å². The van der Waals surface area contributed by atoms with Crippen LogP contribution >= 0.6 is 0 Å². The number of benzene rings is 1. The van der Waals surface area contributed by atoms with E-state index in [9.17, 15) is 24.0 Å². The molecule has 36 heavy (non-hydrogen) atoms. The molecule has 0 radical (unpaired) electrons. The average Bonchev–Trinajstić information content (AvgIpc) is 3.01. The third-order valence-electron chi connectivity index (χ3n) is 6.24. The summed E-state index contributed by atoms with van der Waals surface area (Å²) in [5.74, 6) is -2.48. The first-order valence-electron chi connectivity index (χ1n) is 11.7. The lowest BCUT2D eigenvalue weighted by atomic mass is 10.0. The number of hydrogen-bond donors (Lipinski definition) is 2. The van der Waals surface area contributed by atoms with Crippen molar-refractivity contribution in [1.29, 1.82) is 0 Å². The van der Waals surface area contributed by atoms with Crippen LogP contribution in [0.2, 0.25) is 0 Å². The Morgan fingerprint density at radius 3 is 2.39 bits per heavy atom. The molecule has 1 aromatic carbocycles. The molecule has 3 atom stereocenters. The molecular weight excluding hydrogens is 472 g/mol. The first kappa shape index (κ1) is 27.1. The van der Waals surface area contributed by atoms with Crippen molar-refractivity contribution in [2.45, 2.75) is 56.5 Å². The summed E-state index contributed by atoms with van der Waals surface area (Å²) >= 11 is 0. The van der Waals surface area contributed by atoms with Gasteiger partial charge < -0.3 is 24.8 Å².